The van der Waals surface area contributed by atoms with Crippen LogP contribution in [0.2, 0.25) is 5.02 Å². The minimum Gasteiger partial charge on any atom is -0.497 e. The standard InChI is InChI=1S/C15H15ClO/c1-17-14-10-7-12(8-11-14)6-9-13-4-2-3-5-15(13)16/h2-5,7-8,10-11H,6,9H2,1H3. The summed E-state index contributed by atoms with van der Waals surface area (Å²) in [4.78, 5) is 0. The summed E-state index contributed by atoms with van der Waals surface area (Å²) in [5.74, 6) is 0.895. The molecule has 2 heteroatoms. The molecule has 2 rings (SSSR count). The Kier molecular flexibility index (Phi) is 4.05. The Labute approximate surface area is 107 Å². The van der Waals surface area contributed by atoms with Gasteiger partial charge in [-0.05, 0) is 42.2 Å². The SMILES string of the molecule is COc1ccc(CCc2ccccc2Cl)cc1. The van der Waals surface area contributed by atoms with Crippen molar-refractivity contribution in [2.45, 2.75) is 12.8 Å². The van der Waals surface area contributed by atoms with Gasteiger partial charge in [0.15, 0.2) is 0 Å². The van der Waals surface area contributed by atoms with Crippen molar-refractivity contribution in [1.29, 1.82) is 0 Å². The van der Waals surface area contributed by atoms with Crippen molar-refractivity contribution in [2.75, 3.05) is 7.11 Å². The summed E-state index contributed by atoms with van der Waals surface area (Å²) < 4.78 is 5.13. The number of hydrogen-bond acceptors (Lipinski definition) is 1. The molecule has 0 aliphatic rings. The highest BCUT2D eigenvalue weighted by Gasteiger charge is 2.00. The first-order chi connectivity index (χ1) is 8.29. The number of halogens is 1. The molecule has 0 bridgehead atoms. The molecule has 0 heterocycles. The Morgan fingerprint density at radius 2 is 1.65 bits per heavy atom. The Bertz CT molecular complexity index is 477. The largest absolute Gasteiger partial charge is 0.497 e. The molecule has 88 valence electrons. The zero-order valence-electron chi connectivity index (χ0n) is 9.82. The van der Waals surface area contributed by atoms with Crippen molar-refractivity contribution in [3.63, 3.8) is 0 Å². The van der Waals surface area contributed by atoms with Crippen molar-refractivity contribution < 1.29 is 4.74 Å². The molecule has 2 aromatic carbocycles. The lowest BCUT2D eigenvalue weighted by Crippen LogP contribution is -1.92. The summed E-state index contributed by atoms with van der Waals surface area (Å²) in [6, 6.07) is 16.2. The van der Waals surface area contributed by atoms with E-state index in [-0.39, 0.29) is 0 Å². The summed E-state index contributed by atoms with van der Waals surface area (Å²) in [5, 5.41) is 0.848. The Balaban J connectivity index is 2.00. The van der Waals surface area contributed by atoms with E-state index in [0.29, 0.717) is 0 Å². The Morgan fingerprint density at radius 3 is 2.29 bits per heavy atom. The van der Waals surface area contributed by atoms with Crippen LogP contribution < -0.4 is 4.74 Å². The molecule has 1 nitrogen and oxygen atoms in total. The molecule has 0 aromatic heterocycles. The first-order valence-corrected chi connectivity index (χ1v) is 6.04. The fourth-order valence-corrected chi connectivity index (χ4v) is 2.00. The molecule has 0 N–H and O–H groups in total. The van der Waals surface area contributed by atoms with Crippen LogP contribution in [0.25, 0.3) is 0 Å². The fourth-order valence-electron chi connectivity index (χ4n) is 1.77. The molecule has 0 atom stereocenters. The second-order valence-electron chi connectivity index (χ2n) is 3.94. The number of hydrogen-bond donors (Lipinski definition) is 0. The average Bonchev–Trinajstić information content (AvgIpc) is 2.38. The highest BCUT2D eigenvalue weighted by molar-refractivity contribution is 6.31. The highest BCUT2D eigenvalue weighted by atomic mass is 35.5. The first kappa shape index (κ1) is 12.0. The molecule has 0 amide bonds. The Hall–Kier alpha value is -1.47. The number of ether oxygens (including phenoxy) is 1. The predicted molar refractivity (Wildman–Crippen MR) is 71.9 cm³/mol. The van der Waals surface area contributed by atoms with Crippen molar-refractivity contribution in [1.82, 2.24) is 0 Å². The van der Waals surface area contributed by atoms with Crippen LogP contribution in [-0.2, 0) is 12.8 Å². The number of benzene rings is 2. The minimum absolute atomic E-state index is 0.848. The molecule has 17 heavy (non-hydrogen) atoms. The average molecular weight is 247 g/mol. The van der Waals surface area contributed by atoms with Gasteiger partial charge in [0.2, 0.25) is 0 Å². The van der Waals surface area contributed by atoms with Crippen LogP contribution in [0, 0.1) is 0 Å². The lowest BCUT2D eigenvalue weighted by Gasteiger charge is -2.05. The second kappa shape index (κ2) is 5.74. The highest BCUT2D eigenvalue weighted by Crippen LogP contribution is 2.18. The molecule has 0 radical (unpaired) electrons. The van der Waals surface area contributed by atoms with Gasteiger partial charge in [-0.1, -0.05) is 41.9 Å². The zero-order chi connectivity index (χ0) is 12.1. The van der Waals surface area contributed by atoms with Gasteiger partial charge >= 0.3 is 0 Å². The lowest BCUT2D eigenvalue weighted by molar-refractivity contribution is 0.414. The minimum atomic E-state index is 0.848. The van der Waals surface area contributed by atoms with E-state index in [9.17, 15) is 0 Å². The van der Waals surface area contributed by atoms with Crippen LogP contribution in [0.3, 0.4) is 0 Å². The van der Waals surface area contributed by atoms with Gasteiger partial charge in [-0.3, -0.25) is 0 Å². The zero-order valence-corrected chi connectivity index (χ0v) is 10.6. The maximum Gasteiger partial charge on any atom is 0.118 e. The number of aryl methyl sites for hydroxylation is 2. The molecule has 0 saturated heterocycles. The van der Waals surface area contributed by atoms with E-state index < -0.39 is 0 Å². The topological polar surface area (TPSA) is 9.23 Å². The van der Waals surface area contributed by atoms with Gasteiger partial charge in [-0.2, -0.15) is 0 Å². The van der Waals surface area contributed by atoms with E-state index in [4.69, 9.17) is 16.3 Å². The molecular weight excluding hydrogens is 232 g/mol. The van der Waals surface area contributed by atoms with Gasteiger partial charge < -0.3 is 4.74 Å². The molecule has 0 fully saturated rings. The molecule has 0 spiro atoms. The molecule has 0 aliphatic carbocycles. The summed E-state index contributed by atoms with van der Waals surface area (Å²) >= 11 is 6.12. The third kappa shape index (κ3) is 3.24. The summed E-state index contributed by atoms with van der Waals surface area (Å²) in [7, 11) is 1.68. The van der Waals surface area contributed by atoms with Gasteiger partial charge in [-0.25, -0.2) is 0 Å². The monoisotopic (exact) mass is 246 g/mol. The first-order valence-electron chi connectivity index (χ1n) is 5.66. The van der Waals surface area contributed by atoms with E-state index in [0.717, 1.165) is 23.6 Å². The maximum absolute atomic E-state index is 6.12. The molecule has 0 unspecified atom stereocenters. The summed E-state index contributed by atoms with van der Waals surface area (Å²) in [6.07, 6.45) is 1.96. The van der Waals surface area contributed by atoms with Crippen LogP contribution in [0.4, 0.5) is 0 Å². The Morgan fingerprint density at radius 1 is 0.941 bits per heavy atom. The van der Waals surface area contributed by atoms with Gasteiger partial charge in [0.05, 0.1) is 7.11 Å². The van der Waals surface area contributed by atoms with Gasteiger partial charge in [-0.15, -0.1) is 0 Å². The maximum atomic E-state index is 6.12. The fraction of sp³-hybridized carbons (Fsp3) is 0.200. The number of methoxy groups -OCH3 is 1. The van der Waals surface area contributed by atoms with Crippen molar-refractivity contribution in [3.05, 3.63) is 64.7 Å². The van der Waals surface area contributed by atoms with Crippen LogP contribution in [0.5, 0.6) is 5.75 Å². The predicted octanol–water partition coefficient (Wildman–Crippen LogP) is 4.13. The van der Waals surface area contributed by atoms with Gasteiger partial charge in [0, 0.05) is 5.02 Å². The lowest BCUT2D eigenvalue weighted by atomic mass is 10.0. The van der Waals surface area contributed by atoms with Crippen molar-refractivity contribution in [2.24, 2.45) is 0 Å². The molecule has 0 aliphatic heterocycles. The van der Waals surface area contributed by atoms with E-state index >= 15 is 0 Å². The van der Waals surface area contributed by atoms with E-state index in [1.807, 2.05) is 30.3 Å². The number of rotatable bonds is 4. The quantitative estimate of drug-likeness (QED) is 0.788. The normalized spacial score (nSPS) is 10.2. The smallest absolute Gasteiger partial charge is 0.118 e. The van der Waals surface area contributed by atoms with Crippen LogP contribution in [0.15, 0.2) is 48.5 Å². The second-order valence-corrected chi connectivity index (χ2v) is 4.35. The van der Waals surface area contributed by atoms with E-state index in [1.54, 1.807) is 7.11 Å². The van der Waals surface area contributed by atoms with E-state index in [1.165, 1.54) is 11.1 Å². The third-order valence-corrected chi connectivity index (χ3v) is 3.17. The summed E-state index contributed by atoms with van der Waals surface area (Å²) in [6.45, 7) is 0. The van der Waals surface area contributed by atoms with E-state index in [2.05, 4.69) is 18.2 Å². The summed E-state index contributed by atoms with van der Waals surface area (Å²) in [5.41, 5.74) is 2.50. The van der Waals surface area contributed by atoms with Gasteiger partial charge in [0.1, 0.15) is 5.75 Å². The van der Waals surface area contributed by atoms with Crippen LogP contribution in [0.1, 0.15) is 11.1 Å². The van der Waals surface area contributed by atoms with Crippen molar-refractivity contribution in [3.8, 4) is 5.75 Å². The van der Waals surface area contributed by atoms with Gasteiger partial charge in [0.25, 0.3) is 0 Å². The molecule has 2 aromatic rings. The van der Waals surface area contributed by atoms with Crippen LogP contribution >= 0.6 is 11.6 Å². The third-order valence-electron chi connectivity index (χ3n) is 2.80. The van der Waals surface area contributed by atoms with Crippen molar-refractivity contribution >= 4 is 11.6 Å². The molecular formula is C15H15ClO. The molecule has 0 saturated carbocycles. The van der Waals surface area contributed by atoms with Crippen LogP contribution in [-0.4, -0.2) is 7.11 Å².